The largest absolute Gasteiger partial charge is 1.00 e. The van der Waals surface area contributed by atoms with Crippen molar-refractivity contribution in [2.75, 3.05) is 33.3 Å². The smallest absolute Gasteiger partial charge is 0.204 e. The molecule has 1 aliphatic heterocycles. The Morgan fingerprint density at radius 3 is 2.67 bits per heavy atom. The molecule has 0 atom stereocenters. The molecule has 0 unspecified atom stereocenters. The summed E-state index contributed by atoms with van der Waals surface area (Å²) in [6, 6.07) is 10.2. The normalized spacial score (nSPS) is 15.7. The lowest BCUT2D eigenvalue weighted by molar-refractivity contribution is -0.897. The summed E-state index contributed by atoms with van der Waals surface area (Å²) in [6.45, 7) is 4.17. The first kappa shape index (κ1) is 19.9. The summed E-state index contributed by atoms with van der Waals surface area (Å²) in [6.07, 6.45) is 3.57. The van der Waals surface area contributed by atoms with Crippen LogP contribution in [-0.4, -0.2) is 42.9 Å². The van der Waals surface area contributed by atoms with Gasteiger partial charge in [0.1, 0.15) is 28.1 Å². The van der Waals surface area contributed by atoms with E-state index in [0.29, 0.717) is 28.9 Å². The van der Waals surface area contributed by atoms with E-state index >= 15 is 0 Å². The van der Waals surface area contributed by atoms with Gasteiger partial charge in [0.15, 0.2) is 0 Å². The Labute approximate surface area is 175 Å². The van der Waals surface area contributed by atoms with Crippen molar-refractivity contribution in [2.45, 2.75) is 19.3 Å². The number of para-hydroxylation sites is 1. The van der Waals surface area contributed by atoms with Crippen LogP contribution in [0.5, 0.6) is 11.5 Å². The molecule has 2 aromatic carbocycles. The number of phenolic OH excluding ortho intramolecular Hbond substituents is 1. The molecule has 1 N–H and O–H groups in total. The van der Waals surface area contributed by atoms with E-state index in [2.05, 4.69) is 7.05 Å². The molecule has 0 saturated carbocycles. The van der Waals surface area contributed by atoms with Crippen molar-refractivity contribution < 1.29 is 42.7 Å². The topological polar surface area (TPSA) is 59.7 Å². The van der Waals surface area contributed by atoms with Crippen molar-refractivity contribution in [2.24, 2.45) is 0 Å². The van der Waals surface area contributed by atoms with E-state index in [4.69, 9.17) is 9.15 Å². The molecule has 1 fully saturated rings. The maximum Gasteiger partial charge on any atom is 0.204 e. The van der Waals surface area contributed by atoms with E-state index in [1.165, 1.54) is 32.0 Å². The van der Waals surface area contributed by atoms with Gasteiger partial charge in [0.2, 0.25) is 5.43 Å². The highest BCUT2D eigenvalue weighted by molar-refractivity contribution is 5.93. The summed E-state index contributed by atoms with van der Waals surface area (Å²) in [7, 11) is 2.30. The van der Waals surface area contributed by atoms with Crippen molar-refractivity contribution in [3.63, 3.8) is 0 Å². The van der Waals surface area contributed by atoms with Gasteiger partial charge in [-0.1, -0.05) is 12.1 Å². The highest BCUT2D eigenvalue weighted by atomic mass is 127. The lowest BCUT2D eigenvalue weighted by Crippen LogP contribution is -3.00. The van der Waals surface area contributed by atoms with Crippen LogP contribution in [0.2, 0.25) is 0 Å². The predicted molar refractivity (Wildman–Crippen MR) is 102 cm³/mol. The van der Waals surface area contributed by atoms with Crippen LogP contribution in [0.25, 0.3) is 21.9 Å². The van der Waals surface area contributed by atoms with Crippen molar-refractivity contribution in [3.05, 3.63) is 46.6 Å². The van der Waals surface area contributed by atoms with Gasteiger partial charge in [0.25, 0.3) is 0 Å². The molecular formula is C21H24INO4. The molecular weight excluding hydrogens is 457 g/mol. The van der Waals surface area contributed by atoms with E-state index < -0.39 is 0 Å². The fourth-order valence-corrected chi connectivity index (χ4v) is 3.92. The zero-order valence-electron chi connectivity index (χ0n) is 15.4. The van der Waals surface area contributed by atoms with Gasteiger partial charge in [-0.05, 0) is 12.1 Å². The van der Waals surface area contributed by atoms with Crippen LogP contribution >= 0.6 is 0 Å². The molecule has 5 nitrogen and oxygen atoms in total. The molecule has 0 aliphatic carbocycles. The molecule has 4 rings (SSSR count). The molecule has 0 amide bonds. The fraction of sp³-hybridized carbons (Fsp3) is 0.381. The van der Waals surface area contributed by atoms with E-state index in [9.17, 15) is 9.90 Å². The Morgan fingerprint density at radius 1 is 1.15 bits per heavy atom. The van der Waals surface area contributed by atoms with Crippen LogP contribution in [-0.2, 0) is 0 Å². The number of likely N-dealkylation sites (tertiary alicyclic amines) is 1. The minimum atomic E-state index is -0.225. The number of fused-ring (bicyclic) bond motifs is 2. The molecule has 144 valence electrons. The number of phenols is 1. The van der Waals surface area contributed by atoms with Gasteiger partial charge in [-0.15, -0.1) is 0 Å². The molecule has 1 aromatic heterocycles. The Bertz CT molecular complexity index is 1010. The first-order chi connectivity index (χ1) is 12.6. The van der Waals surface area contributed by atoms with Gasteiger partial charge >= 0.3 is 0 Å². The predicted octanol–water partition coefficient (Wildman–Crippen LogP) is 0.665. The number of rotatable bonds is 5. The lowest BCUT2D eigenvalue weighted by Gasteiger charge is -2.29. The molecule has 0 spiro atoms. The maximum absolute atomic E-state index is 12.6. The third-order valence-electron chi connectivity index (χ3n) is 5.39. The van der Waals surface area contributed by atoms with Crippen molar-refractivity contribution >= 4 is 21.9 Å². The first-order valence-electron chi connectivity index (χ1n) is 9.21. The second-order valence-electron chi connectivity index (χ2n) is 7.44. The zero-order valence-corrected chi connectivity index (χ0v) is 17.6. The molecule has 1 aliphatic rings. The van der Waals surface area contributed by atoms with Gasteiger partial charge in [-0.2, -0.15) is 0 Å². The number of ether oxygens (including phenoxy) is 1. The van der Waals surface area contributed by atoms with Crippen LogP contribution in [0.3, 0.4) is 0 Å². The average Bonchev–Trinajstić information content (AvgIpc) is 3.05. The highest BCUT2D eigenvalue weighted by Crippen LogP contribution is 2.30. The molecule has 0 bridgehead atoms. The number of hydrogen-bond donors (Lipinski definition) is 1. The number of halogens is 1. The van der Waals surface area contributed by atoms with Gasteiger partial charge in [-0.25, -0.2) is 0 Å². The Kier molecular flexibility index (Phi) is 5.95. The average molecular weight is 481 g/mol. The SMILES string of the molecule is C[N+]1(CCCOc2cc(O)c3c(=O)c4ccccc4oc3c2)CCCC1.[I-]. The van der Waals surface area contributed by atoms with Gasteiger partial charge < -0.3 is 42.7 Å². The lowest BCUT2D eigenvalue weighted by atomic mass is 10.1. The van der Waals surface area contributed by atoms with Gasteiger partial charge in [0, 0.05) is 31.4 Å². The van der Waals surface area contributed by atoms with Crippen molar-refractivity contribution in [1.29, 1.82) is 0 Å². The Hall–Kier alpha value is -1.80. The Morgan fingerprint density at radius 2 is 1.89 bits per heavy atom. The van der Waals surface area contributed by atoms with Crippen molar-refractivity contribution in [1.82, 2.24) is 0 Å². The molecule has 6 heteroatoms. The molecule has 2 heterocycles. The summed E-state index contributed by atoms with van der Waals surface area (Å²) < 4.78 is 12.7. The van der Waals surface area contributed by atoms with E-state index in [1.807, 2.05) is 6.07 Å². The van der Waals surface area contributed by atoms with Crippen LogP contribution < -0.4 is 34.1 Å². The van der Waals surface area contributed by atoms with E-state index in [-0.39, 0.29) is 40.5 Å². The number of benzene rings is 2. The molecule has 0 radical (unpaired) electrons. The number of quaternary nitrogens is 1. The first-order valence-corrected chi connectivity index (χ1v) is 9.21. The zero-order chi connectivity index (χ0) is 18.1. The van der Waals surface area contributed by atoms with Crippen LogP contribution in [0, 0.1) is 0 Å². The minimum Gasteiger partial charge on any atom is -1.00 e. The minimum absolute atomic E-state index is 0. The summed E-state index contributed by atoms with van der Waals surface area (Å²) in [4.78, 5) is 12.6. The van der Waals surface area contributed by atoms with Gasteiger partial charge in [0.05, 0.1) is 38.7 Å². The molecule has 1 saturated heterocycles. The van der Waals surface area contributed by atoms with Crippen molar-refractivity contribution in [3.8, 4) is 11.5 Å². The number of aromatic hydroxyl groups is 1. The van der Waals surface area contributed by atoms with Crippen LogP contribution in [0.1, 0.15) is 19.3 Å². The standard InChI is InChI=1S/C21H23NO4.HI/c1-22(9-4-5-10-22)11-6-12-25-15-13-17(23)20-19(14-15)26-18-8-3-2-7-16(18)21(20)24;/h2-3,7-8,13-14H,4-6,9-12H2,1H3;1H. The maximum atomic E-state index is 12.6. The number of hydrogen-bond acceptors (Lipinski definition) is 4. The number of nitrogens with zero attached hydrogens (tertiary/aromatic N) is 1. The quantitative estimate of drug-likeness (QED) is 0.252. The van der Waals surface area contributed by atoms with Crippen LogP contribution in [0.4, 0.5) is 0 Å². The molecule has 27 heavy (non-hydrogen) atoms. The Balaban J connectivity index is 0.00000210. The summed E-state index contributed by atoms with van der Waals surface area (Å²) in [5.74, 6) is 0.424. The summed E-state index contributed by atoms with van der Waals surface area (Å²) in [5, 5.41) is 11.0. The second kappa shape index (κ2) is 8.06. The summed E-state index contributed by atoms with van der Waals surface area (Å²) >= 11 is 0. The molecule has 3 aromatic rings. The second-order valence-corrected chi connectivity index (χ2v) is 7.44. The van der Waals surface area contributed by atoms with E-state index in [1.54, 1.807) is 24.3 Å². The van der Waals surface area contributed by atoms with E-state index in [0.717, 1.165) is 17.4 Å². The highest BCUT2D eigenvalue weighted by Gasteiger charge is 2.25. The third-order valence-corrected chi connectivity index (χ3v) is 5.39. The monoisotopic (exact) mass is 481 g/mol. The third kappa shape index (κ3) is 4.06. The van der Waals surface area contributed by atoms with Gasteiger partial charge in [-0.3, -0.25) is 4.79 Å². The van der Waals surface area contributed by atoms with Crippen LogP contribution in [0.15, 0.2) is 45.6 Å². The fourth-order valence-electron chi connectivity index (χ4n) is 3.92. The summed E-state index contributed by atoms with van der Waals surface area (Å²) in [5.41, 5.74) is 0.632.